The maximum atomic E-state index is 14.4. The number of likely N-dealkylation sites (tertiary alicyclic amines) is 1. The largest absolute Gasteiger partial charge is 0.573 e. The number of methoxy groups -OCH3 is 1. The van der Waals surface area contributed by atoms with E-state index in [0.29, 0.717) is 11.1 Å². The Hall–Kier alpha value is -4.05. The van der Waals surface area contributed by atoms with Crippen LogP contribution in [0.1, 0.15) is 27.5 Å². The second-order valence-electron chi connectivity index (χ2n) is 9.49. The molecule has 1 saturated heterocycles. The predicted molar refractivity (Wildman–Crippen MR) is 139 cm³/mol. The minimum atomic E-state index is -4.93. The van der Waals surface area contributed by atoms with E-state index in [1.165, 1.54) is 24.3 Å². The first-order valence-electron chi connectivity index (χ1n) is 12.3. The molecule has 1 heterocycles. The number of alkyl halides is 6. The number of halogens is 7. The van der Waals surface area contributed by atoms with E-state index < -0.39 is 58.1 Å². The third kappa shape index (κ3) is 8.07. The minimum Gasteiger partial charge on any atom is -0.465 e. The van der Waals surface area contributed by atoms with Crippen molar-refractivity contribution in [3.05, 3.63) is 89.2 Å². The first kappa shape index (κ1) is 31.9. The SMILES string of the molecule is COC(=O)c1cc(F)cc(N(C2CN(C(c3ccc(OC(F)(F)F)cc3)c3ccc(OC(F)(F)F)cc3)C2)S(C)(=O)=O)c1. The molecule has 0 bridgehead atoms. The topological polar surface area (TPSA) is 85.4 Å². The quantitative estimate of drug-likeness (QED) is 0.222. The summed E-state index contributed by atoms with van der Waals surface area (Å²) in [5.74, 6) is -2.77. The van der Waals surface area contributed by atoms with Crippen LogP contribution in [0.15, 0.2) is 66.7 Å². The fourth-order valence-electron chi connectivity index (χ4n) is 4.77. The lowest BCUT2D eigenvalue weighted by Gasteiger charge is -2.48. The summed E-state index contributed by atoms with van der Waals surface area (Å²) in [5, 5.41) is 0. The molecule has 1 aliphatic heterocycles. The number of rotatable bonds is 9. The van der Waals surface area contributed by atoms with E-state index >= 15 is 0 Å². The molecule has 8 nitrogen and oxygen atoms in total. The van der Waals surface area contributed by atoms with Crippen molar-refractivity contribution in [2.75, 3.05) is 30.8 Å². The summed E-state index contributed by atoms with van der Waals surface area (Å²) in [6.45, 7) is 0.0345. The molecule has 232 valence electrons. The van der Waals surface area contributed by atoms with Crippen molar-refractivity contribution in [3.63, 3.8) is 0 Å². The van der Waals surface area contributed by atoms with Crippen molar-refractivity contribution in [2.45, 2.75) is 24.8 Å². The van der Waals surface area contributed by atoms with Crippen LogP contribution in [0.2, 0.25) is 0 Å². The fourth-order valence-corrected chi connectivity index (χ4v) is 5.94. The number of hydrogen-bond acceptors (Lipinski definition) is 7. The van der Waals surface area contributed by atoms with Crippen LogP contribution in [0.3, 0.4) is 0 Å². The highest BCUT2D eigenvalue weighted by Gasteiger charge is 2.41. The number of sulfonamides is 1. The molecular weight excluding hydrogens is 613 g/mol. The zero-order chi connectivity index (χ0) is 31.7. The van der Waals surface area contributed by atoms with Gasteiger partial charge in [-0.15, -0.1) is 26.3 Å². The number of benzene rings is 3. The third-order valence-electron chi connectivity index (χ3n) is 6.36. The van der Waals surface area contributed by atoms with Gasteiger partial charge in [0.2, 0.25) is 10.0 Å². The Morgan fingerprint density at radius 2 is 1.33 bits per heavy atom. The smallest absolute Gasteiger partial charge is 0.465 e. The average molecular weight is 637 g/mol. The first-order valence-corrected chi connectivity index (χ1v) is 14.1. The van der Waals surface area contributed by atoms with Gasteiger partial charge in [0, 0.05) is 13.1 Å². The highest BCUT2D eigenvalue weighted by Crippen LogP contribution is 2.38. The second-order valence-corrected chi connectivity index (χ2v) is 11.4. The Kier molecular flexibility index (Phi) is 8.83. The summed E-state index contributed by atoms with van der Waals surface area (Å²) in [5.41, 5.74) is 0.484. The Morgan fingerprint density at radius 1 is 0.860 bits per heavy atom. The van der Waals surface area contributed by atoms with E-state index in [9.17, 15) is 43.9 Å². The summed E-state index contributed by atoms with van der Waals surface area (Å²) in [6.07, 6.45) is -8.96. The summed E-state index contributed by atoms with van der Waals surface area (Å²) >= 11 is 0. The number of esters is 1. The van der Waals surface area contributed by atoms with E-state index in [0.717, 1.165) is 60.1 Å². The van der Waals surface area contributed by atoms with Gasteiger partial charge in [0.25, 0.3) is 0 Å². The van der Waals surface area contributed by atoms with Gasteiger partial charge in [0.15, 0.2) is 0 Å². The predicted octanol–water partition coefficient (Wildman–Crippen LogP) is 5.65. The molecule has 1 fully saturated rings. The van der Waals surface area contributed by atoms with Crippen molar-refractivity contribution >= 4 is 21.7 Å². The molecule has 4 rings (SSSR count). The molecule has 0 atom stereocenters. The first-order chi connectivity index (χ1) is 19.9. The van der Waals surface area contributed by atoms with Gasteiger partial charge in [0.1, 0.15) is 17.3 Å². The zero-order valence-electron chi connectivity index (χ0n) is 22.3. The van der Waals surface area contributed by atoms with Gasteiger partial charge in [-0.1, -0.05) is 24.3 Å². The van der Waals surface area contributed by atoms with Gasteiger partial charge in [-0.25, -0.2) is 17.6 Å². The molecule has 43 heavy (non-hydrogen) atoms. The van der Waals surface area contributed by atoms with Crippen molar-refractivity contribution in [1.82, 2.24) is 4.90 Å². The number of ether oxygens (including phenoxy) is 3. The van der Waals surface area contributed by atoms with Crippen LogP contribution >= 0.6 is 0 Å². The molecule has 0 N–H and O–H groups in total. The molecule has 16 heteroatoms. The van der Waals surface area contributed by atoms with Gasteiger partial charge in [0.05, 0.1) is 36.7 Å². The number of carbonyl (C=O) groups excluding carboxylic acids is 1. The molecule has 0 radical (unpaired) electrons. The van der Waals surface area contributed by atoms with Crippen LogP contribution in [0.25, 0.3) is 0 Å². The van der Waals surface area contributed by atoms with Crippen molar-refractivity contribution in [2.24, 2.45) is 0 Å². The van der Waals surface area contributed by atoms with Crippen LogP contribution in [-0.4, -0.2) is 64.5 Å². The fraction of sp³-hybridized carbons (Fsp3) is 0.296. The Bertz CT molecular complexity index is 1500. The summed E-state index contributed by atoms with van der Waals surface area (Å²) in [4.78, 5) is 13.7. The van der Waals surface area contributed by atoms with E-state index in [1.54, 1.807) is 4.90 Å². The molecule has 0 spiro atoms. The van der Waals surface area contributed by atoms with Gasteiger partial charge in [-0.3, -0.25) is 9.21 Å². The minimum absolute atomic E-state index is 0.0173. The van der Waals surface area contributed by atoms with E-state index in [2.05, 4.69) is 14.2 Å². The van der Waals surface area contributed by atoms with Crippen LogP contribution in [0.4, 0.5) is 36.4 Å². The van der Waals surface area contributed by atoms with Gasteiger partial charge >= 0.3 is 18.7 Å². The molecule has 0 aliphatic carbocycles. The Labute approximate surface area is 241 Å². The normalized spacial score (nSPS) is 14.7. The number of anilines is 1. The molecule has 0 aromatic heterocycles. The molecule has 0 amide bonds. The standard InChI is InChI=1S/C27H23F7N2O6S/c1-40-25(37)18-11-19(28)13-20(12-18)36(43(2,38)39)21-14-35(15-21)24(16-3-7-22(8-4-16)41-26(29,30)31)17-5-9-23(10-6-17)42-27(32,33)34/h3-13,21,24H,14-15H2,1-2H3. The lowest BCUT2D eigenvalue weighted by Crippen LogP contribution is -2.61. The van der Waals surface area contributed by atoms with E-state index in [4.69, 9.17) is 0 Å². The molecular formula is C27H23F7N2O6S. The molecule has 0 saturated carbocycles. The average Bonchev–Trinajstić information content (AvgIpc) is 2.85. The van der Waals surface area contributed by atoms with Crippen molar-refractivity contribution < 1.29 is 58.2 Å². The molecule has 0 unspecified atom stereocenters. The van der Waals surface area contributed by atoms with Crippen LogP contribution in [0.5, 0.6) is 11.5 Å². The lowest BCUT2D eigenvalue weighted by molar-refractivity contribution is -0.275. The summed E-state index contributed by atoms with van der Waals surface area (Å²) < 4.78 is 129. The number of carbonyl (C=O) groups is 1. The highest BCUT2D eigenvalue weighted by molar-refractivity contribution is 7.92. The monoisotopic (exact) mass is 636 g/mol. The summed E-state index contributed by atoms with van der Waals surface area (Å²) in [6, 6.07) is 11.1. The van der Waals surface area contributed by atoms with Crippen LogP contribution in [-0.2, 0) is 14.8 Å². The highest BCUT2D eigenvalue weighted by atomic mass is 32.2. The zero-order valence-corrected chi connectivity index (χ0v) is 23.1. The number of hydrogen-bond donors (Lipinski definition) is 0. The van der Waals surface area contributed by atoms with Crippen molar-refractivity contribution in [1.29, 1.82) is 0 Å². The van der Waals surface area contributed by atoms with E-state index in [1.807, 2.05) is 0 Å². The Morgan fingerprint density at radius 3 is 1.72 bits per heavy atom. The van der Waals surface area contributed by atoms with Crippen LogP contribution in [0, 0.1) is 5.82 Å². The second kappa shape index (κ2) is 11.9. The Balaban J connectivity index is 1.66. The third-order valence-corrected chi connectivity index (χ3v) is 7.59. The maximum absolute atomic E-state index is 14.4. The molecule has 3 aromatic carbocycles. The number of nitrogens with zero attached hydrogens (tertiary/aromatic N) is 2. The molecule has 1 aliphatic rings. The summed E-state index contributed by atoms with van der Waals surface area (Å²) in [7, 11) is -2.95. The van der Waals surface area contributed by atoms with Crippen LogP contribution < -0.4 is 13.8 Å². The molecule has 3 aromatic rings. The van der Waals surface area contributed by atoms with Gasteiger partial charge < -0.3 is 14.2 Å². The van der Waals surface area contributed by atoms with E-state index in [-0.39, 0.29) is 24.3 Å². The lowest BCUT2D eigenvalue weighted by atomic mass is 9.92. The van der Waals surface area contributed by atoms with Crippen molar-refractivity contribution in [3.8, 4) is 11.5 Å². The maximum Gasteiger partial charge on any atom is 0.573 e. The van der Waals surface area contributed by atoms with Gasteiger partial charge in [-0.2, -0.15) is 0 Å². The van der Waals surface area contributed by atoms with Gasteiger partial charge in [-0.05, 0) is 53.6 Å².